The first-order valence-electron chi connectivity index (χ1n) is 12.6. The van der Waals surface area contributed by atoms with Crippen molar-refractivity contribution in [3.63, 3.8) is 0 Å². The molecule has 38 heavy (non-hydrogen) atoms. The molecule has 2 unspecified atom stereocenters. The summed E-state index contributed by atoms with van der Waals surface area (Å²) in [6, 6.07) is 19.7. The van der Waals surface area contributed by atoms with Gasteiger partial charge in [0.2, 0.25) is 10.0 Å². The second-order valence-electron chi connectivity index (χ2n) is 10.2. The highest BCUT2D eigenvalue weighted by Crippen LogP contribution is 2.34. The Labute approximate surface area is 232 Å². The number of amides is 1. The quantitative estimate of drug-likeness (QED) is 0.258. The van der Waals surface area contributed by atoms with Gasteiger partial charge in [-0.2, -0.15) is 4.31 Å². The third-order valence-electron chi connectivity index (χ3n) is 6.87. The number of fused-ring (bicyclic) bond motifs is 1. The average Bonchev–Trinajstić information content (AvgIpc) is 3.31. The van der Waals surface area contributed by atoms with Crippen molar-refractivity contribution in [3.05, 3.63) is 88.4 Å². The Balaban J connectivity index is 1.47. The van der Waals surface area contributed by atoms with Crippen molar-refractivity contribution in [2.24, 2.45) is 11.8 Å². The van der Waals surface area contributed by atoms with Gasteiger partial charge in [-0.05, 0) is 72.7 Å². The minimum atomic E-state index is -3.63. The number of piperidine rings is 1. The predicted molar refractivity (Wildman–Crippen MR) is 154 cm³/mol. The van der Waals surface area contributed by atoms with Crippen LogP contribution in [0.25, 0.3) is 10.2 Å². The second-order valence-corrected chi connectivity index (χ2v) is 13.6. The van der Waals surface area contributed by atoms with Gasteiger partial charge in [0.15, 0.2) is 5.13 Å². The molecule has 2 heterocycles. The Hall–Kier alpha value is -2.78. The van der Waals surface area contributed by atoms with Crippen molar-refractivity contribution >= 4 is 54.2 Å². The highest BCUT2D eigenvalue weighted by Gasteiger charge is 2.32. The summed E-state index contributed by atoms with van der Waals surface area (Å²) in [6.45, 7) is 7.47. The Morgan fingerprint density at radius 2 is 1.71 bits per heavy atom. The van der Waals surface area contributed by atoms with Gasteiger partial charge in [0.1, 0.15) is 0 Å². The zero-order valence-electron chi connectivity index (χ0n) is 21.6. The molecule has 1 fully saturated rings. The number of hydrogen-bond donors (Lipinski definition) is 0. The molecule has 198 valence electrons. The third-order valence-corrected chi connectivity index (χ3v) is 9.96. The first-order valence-corrected chi connectivity index (χ1v) is 15.3. The number of thiazole rings is 1. The van der Waals surface area contributed by atoms with E-state index in [-0.39, 0.29) is 10.8 Å². The number of aromatic nitrogens is 1. The molecule has 0 saturated carbocycles. The summed E-state index contributed by atoms with van der Waals surface area (Å²) in [6.07, 6.45) is 1.02. The number of carbonyl (C=O) groups excluding carboxylic acids is 1. The van der Waals surface area contributed by atoms with E-state index >= 15 is 0 Å². The van der Waals surface area contributed by atoms with Crippen LogP contribution < -0.4 is 4.90 Å². The predicted octanol–water partition coefficient (Wildman–Crippen LogP) is 6.77. The lowest BCUT2D eigenvalue weighted by molar-refractivity contribution is 0.0985. The van der Waals surface area contributed by atoms with Gasteiger partial charge in [-0.25, -0.2) is 13.4 Å². The zero-order valence-corrected chi connectivity index (χ0v) is 24.0. The second kappa shape index (κ2) is 10.8. The van der Waals surface area contributed by atoms with Crippen molar-refractivity contribution < 1.29 is 13.2 Å². The maximum atomic E-state index is 13.8. The molecule has 5 rings (SSSR count). The van der Waals surface area contributed by atoms with E-state index in [9.17, 15) is 13.2 Å². The number of anilines is 1. The SMILES string of the molecule is Cc1cc(Cl)cc2sc(N(Cc3ccccc3)C(=O)c3ccc(S(=O)(=O)N4CC(C)CC(C)C4)cc3)nc12. The molecule has 9 heteroatoms. The van der Waals surface area contributed by atoms with Crippen LogP contribution in [0.2, 0.25) is 5.02 Å². The summed E-state index contributed by atoms with van der Waals surface area (Å²) < 4.78 is 29.1. The molecular weight excluding hydrogens is 538 g/mol. The summed E-state index contributed by atoms with van der Waals surface area (Å²) in [7, 11) is -3.63. The van der Waals surface area contributed by atoms with E-state index in [1.807, 2.05) is 49.4 Å². The molecule has 6 nitrogen and oxygen atoms in total. The zero-order chi connectivity index (χ0) is 27.0. The van der Waals surface area contributed by atoms with Crippen molar-refractivity contribution in [3.8, 4) is 0 Å². The number of halogens is 1. The van der Waals surface area contributed by atoms with Gasteiger partial charge in [-0.15, -0.1) is 0 Å². The van der Waals surface area contributed by atoms with Crippen molar-refractivity contribution in [2.45, 2.75) is 38.6 Å². The van der Waals surface area contributed by atoms with Gasteiger partial charge in [0, 0.05) is 23.7 Å². The van der Waals surface area contributed by atoms with Crippen LogP contribution in [0.15, 0.2) is 71.6 Å². The van der Waals surface area contributed by atoms with Crippen molar-refractivity contribution in [2.75, 3.05) is 18.0 Å². The third kappa shape index (κ3) is 5.50. The largest absolute Gasteiger partial charge is 0.279 e. The average molecular weight is 568 g/mol. The van der Waals surface area contributed by atoms with E-state index in [0.29, 0.717) is 47.2 Å². The summed E-state index contributed by atoms with van der Waals surface area (Å²) in [4.78, 5) is 20.5. The highest BCUT2D eigenvalue weighted by atomic mass is 35.5. The lowest BCUT2D eigenvalue weighted by atomic mass is 9.94. The molecular formula is C29H30ClN3O3S2. The van der Waals surface area contributed by atoms with Crippen LogP contribution in [0.1, 0.15) is 41.8 Å². The topological polar surface area (TPSA) is 70.6 Å². The minimum Gasteiger partial charge on any atom is -0.279 e. The van der Waals surface area contributed by atoms with E-state index < -0.39 is 10.0 Å². The molecule has 0 aliphatic carbocycles. The first kappa shape index (κ1) is 26.8. The van der Waals surface area contributed by atoms with Gasteiger partial charge >= 0.3 is 0 Å². The Morgan fingerprint density at radius 3 is 2.37 bits per heavy atom. The standard InChI is InChI=1S/C29H30ClN3O3S2/c1-19-13-20(2)17-32(16-19)38(35,36)25-11-9-23(10-12-25)28(34)33(18-22-7-5-4-6-8-22)29-31-27-21(3)14-24(30)15-26(27)37-29/h4-12,14-15,19-20H,13,16-18H2,1-3H3. The van der Waals surface area contributed by atoms with Crippen LogP contribution in [-0.2, 0) is 16.6 Å². The van der Waals surface area contributed by atoms with Crippen molar-refractivity contribution in [1.82, 2.24) is 9.29 Å². The van der Waals surface area contributed by atoms with Gasteiger partial charge in [0.05, 0.1) is 21.7 Å². The minimum absolute atomic E-state index is 0.204. The maximum Gasteiger partial charge on any atom is 0.260 e. The molecule has 0 bridgehead atoms. The van der Waals surface area contributed by atoms with E-state index in [4.69, 9.17) is 16.6 Å². The monoisotopic (exact) mass is 567 g/mol. The summed E-state index contributed by atoms with van der Waals surface area (Å²) in [5.74, 6) is 0.377. The molecule has 0 N–H and O–H groups in total. The highest BCUT2D eigenvalue weighted by molar-refractivity contribution is 7.89. The van der Waals surface area contributed by atoms with E-state index in [2.05, 4.69) is 13.8 Å². The molecule has 0 spiro atoms. The number of aryl methyl sites for hydroxylation is 1. The van der Waals surface area contributed by atoms with Crippen LogP contribution >= 0.6 is 22.9 Å². The molecule has 2 atom stereocenters. The van der Waals surface area contributed by atoms with Crippen LogP contribution in [0, 0.1) is 18.8 Å². The van der Waals surface area contributed by atoms with Crippen LogP contribution in [0.3, 0.4) is 0 Å². The molecule has 1 aliphatic rings. The molecule has 4 aromatic rings. The fourth-order valence-electron chi connectivity index (χ4n) is 5.13. The lowest BCUT2D eigenvalue weighted by Gasteiger charge is -2.34. The maximum absolute atomic E-state index is 13.8. The Morgan fingerprint density at radius 1 is 1.05 bits per heavy atom. The normalized spacial score (nSPS) is 18.5. The number of carbonyl (C=O) groups is 1. The number of rotatable bonds is 6. The van der Waals surface area contributed by atoms with Gasteiger partial charge in [0.25, 0.3) is 5.91 Å². The van der Waals surface area contributed by atoms with E-state index in [1.54, 1.807) is 21.3 Å². The van der Waals surface area contributed by atoms with Gasteiger partial charge < -0.3 is 0 Å². The van der Waals surface area contributed by atoms with Crippen LogP contribution in [0.5, 0.6) is 0 Å². The number of hydrogen-bond acceptors (Lipinski definition) is 5. The van der Waals surface area contributed by atoms with Crippen molar-refractivity contribution in [1.29, 1.82) is 0 Å². The lowest BCUT2D eigenvalue weighted by Crippen LogP contribution is -2.42. The fraction of sp³-hybridized carbons (Fsp3) is 0.310. The molecule has 1 saturated heterocycles. The Bertz CT molecular complexity index is 1560. The van der Waals surface area contributed by atoms with Crippen LogP contribution in [-0.4, -0.2) is 36.7 Å². The first-order chi connectivity index (χ1) is 18.1. The van der Waals surface area contributed by atoms with Gasteiger partial charge in [-0.3, -0.25) is 9.69 Å². The molecule has 1 aliphatic heterocycles. The molecule has 1 aromatic heterocycles. The Kier molecular flexibility index (Phi) is 7.60. The number of sulfonamides is 1. The summed E-state index contributed by atoms with van der Waals surface area (Å²) in [5.41, 5.74) is 3.11. The molecule has 3 aromatic carbocycles. The fourth-order valence-corrected chi connectivity index (χ4v) is 8.22. The van der Waals surface area contributed by atoms with E-state index in [0.717, 1.165) is 27.8 Å². The summed E-state index contributed by atoms with van der Waals surface area (Å²) in [5, 5.41) is 1.19. The number of benzene rings is 3. The van der Waals surface area contributed by atoms with E-state index in [1.165, 1.54) is 23.5 Å². The summed E-state index contributed by atoms with van der Waals surface area (Å²) >= 11 is 7.68. The molecule has 0 radical (unpaired) electrons. The molecule has 1 amide bonds. The van der Waals surface area contributed by atoms with Gasteiger partial charge in [-0.1, -0.05) is 67.1 Å². The number of nitrogens with zero attached hydrogens (tertiary/aromatic N) is 3. The smallest absolute Gasteiger partial charge is 0.260 e. The van der Waals surface area contributed by atoms with Crippen LogP contribution in [0.4, 0.5) is 5.13 Å².